The van der Waals surface area contributed by atoms with Crippen molar-refractivity contribution in [1.29, 1.82) is 5.26 Å². The summed E-state index contributed by atoms with van der Waals surface area (Å²) < 4.78 is 26.4. The fourth-order valence-electron chi connectivity index (χ4n) is 1.51. The predicted molar refractivity (Wildman–Crippen MR) is 61.5 cm³/mol. The van der Waals surface area contributed by atoms with Crippen LogP contribution in [0.5, 0.6) is 0 Å². The zero-order chi connectivity index (χ0) is 12.4. The van der Waals surface area contributed by atoms with E-state index >= 15 is 0 Å². The topological polar surface area (TPSA) is 23.8 Å². The Morgan fingerprint density at radius 1 is 1.00 bits per heavy atom. The van der Waals surface area contributed by atoms with Crippen molar-refractivity contribution in [2.75, 3.05) is 0 Å². The molecule has 17 heavy (non-hydrogen) atoms. The minimum Gasteiger partial charge on any atom is -0.207 e. The van der Waals surface area contributed by atoms with Crippen LogP contribution in [0.4, 0.5) is 8.78 Å². The van der Waals surface area contributed by atoms with Gasteiger partial charge in [0, 0.05) is 22.2 Å². The van der Waals surface area contributed by atoms with Crippen LogP contribution < -0.4 is 0 Å². The van der Waals surface area contributed by atoms with Gasteiger partial charge in [-0.2, -0.15) is 5.26 Å². The van der Waals surface area contributed by atoms with Crippen molar-refractivity contribution < 1.29 is 8.78 Å². The molecular formula is C13H6ClF2N. The Hall–Kier alpha value is -1.92. The van der Waals surface area contributed by atoms with Gasteiger partial charge in [-0.15, -0.1) is 0 Å². The quantitative estimate of drug-likeness (QED) is 0.745. The molecule has 0 bridgehead atoms. The molecule has 0 amide bonds. The molecule has 0 aliphatic heterocycles. The number of nitrogens with zero attached hydrogens (tertiary/aromatic N) is 1. The van der Waals surface area contributed by atoms with Gasteiger partial charge in [0.25, 0.3) is 0 Å². The maximum absolute atomic E-state index is 13.6. The number of halogens is 3. The lowest BCUT2D eigenvalue weighted by Crippen LogP contribution is -1.88. The first-order valence-corrected chi connectivity index (χ1v) is 5.14. The first-order valence-electron chi connectivity index (χ1n) is 4.77. The molecule has 84 valence electrons. The summed E-state index contributed by atoms with van der Waals surface area (Å²) >= 11 is 5.93. The SMILES string of the molecule is N#Cc1ccc(Cl)c(-c2ccc(F)cc2F)c1. The lowest BCUT2D eigenvalue weighted by molar-refractivity contribution is 0.585. The highest BCUT2D eigenvalue weighted by Crippen LogP contribution is 2.30. The highest BCUT2D eigenvalue weighted by molar-refractivity contribution is 6.33. The second kappa shape index (κ2) is 4.52. The highest BCUT2D eigenvalue weighted by atomic mass is 35.5. The van der Waals surface area contributed by atoms with Crippen molar-refractivity contribution in [1.82, 2.24) is 0 Å². The Morgan fingerprint density at radius 3 is 2.41 bits per heavy atom. The second-order valence-electron chi connectivity index (χ2n) is 3.43. The van der Waals surface area contributed by atoms with E-state index in [0.29, 0.717) is 16.1 Å². The van der Waals surface area contributed by atoms with E-state index in [1.165, 1.54) is 24.3 Å². The third kappa shape index (κ3) is 2.27. The monoisotopic (exact) mass is 249 g/mol. The molecule has 0 saturated carbocycles. The summed E-state index contributed by atoms with van der Waals surface area (Å²) in [5, 5.41) is 9.08. The van der Waals surface area contributed by atoms with Crippen LogP contribution in [0.1, 0.15) is 5.56 Å². The van der Waals surface area contributed by atoms with Gasteiger partial charge < -0.3 is 0 Å². The molecule has 0 radical (unpaired) electrons. The molecule has 0 fully saturated rings. The number of nitriles is 1. The van der Waals surface area contributed by atoms with E-state index in [1.807, 2.05) is 6.07 Å². The van der Waals surface area contributed by atoms with E-state index in [2.05, 4.69) is 0 Å². The summed E-state index contributed by atoms with van der Waals surface area (Å²) in [5.41, 5.74) is 0.921. The Morgan fingerprint density at radius 2 is 1.76 bits per heavy atom. The number of hydrogen-bond acceptors (Lipinski definition) is 1. The smallest absolute Gasteiger partial charge is 0.133 e. The summed E-state index contributed by atoms with van der Waals surface area (Å²) in [6.45, 7) is 0. The van der Waals surface area contributed by atoms with E-state index in [-0.39, 0.29) is 5.56 Å². The van der Waals surface area contributed by atoms with Gasteiger partial charge in [-0.1, -0.05) is 11.6 Å². The summed E-state index contributed by atoms with van der Waals surface area (Å²) in [4.78, 5) is 0. The molecule has 2 aromatic rings. The van der Waals surface area contributed by atoms with E-state index in [9.17, 15) is 8.78 Å². The molecule has 0 aliphatic rings. The van der Waals surface area contributed by atoms with Crippen LogP contribution in [0.15, 0.2) is 36.4 Å². The molecule has 0 aliphatic carbocycles. The van der Waals surface area contributed by atoms with Crippen molar-refractivity contribution in [2.24, 2.45) is 0 Å². The average Bonchev–Trinajstić information content (AvgIpc) is 2.30. The third-order valence-corrected chi connectivity index (χ3v) is 2.65. The summed E-state index contributed by atoms with van der Waals surface area (Å²) in [6.07, 6.45) is 0. The van der Waals surface area contributed by atoms with Gasteiger partial charge in [0.05, 0.1) is 11.6 Å². The van der Waals surface area contributed by atoms with Gasteiger partial charge >= 0.3 is 0 Å². The minimum atomic E-state index is -0.706. The zero-order valence-corrected chi connectivity index (χ0v) is 9.30. The fraction of sp³-hybridized carbons (Fsp3) is 0. The maximum Gasteiger partial charge on any atom is 0.133 e. The van der Waals surface area contributed by atoms with Gasteiger partial charge in [0.1, 0.15) is 11.6 Å². The minimum absolute atomic E-state index is 0.175. The molecule has 0 spiro atoms. The van der Waals surface area contributed by atoms with Crippen LogP contribution in [0.25, 0.3) is 11.1 Å². The molecule has 2 aromatic carbocycles. The standard InChI is InChI=1S/C13H6ClF2N/c14-12-4-1-8(7-17)5-11(12)10-3-2-9(15)6-13(10)16/h1-6H. The van der Waals surface area contributed by atoms with Gasteiger partial charge in [-0.05, 0) is 30.3 Å². The first kappa shape index (κ1) is 11.6. The Balaban J connectivity index is 2.64. The zero-order valence-electron chi connectivity index (χ0n) is 8.55. The van der Waals surface area contributed by atoms with Crippen LogP contribution in [0, 0.1) is 23.0 Å². The van der Waals surface area contributed by atoms with E-state index in [4.69, 9.17) is 16.9 Å². The largest absolute Gasteiger partial charge is 0.207 e. The first-order chi connectivity index (χ1) is 8.11. The van der Waals surface area contributed by atoms with Crippen LogP contribution in [-0.4, -0.2) is 0 Å². The van der Waals surface area contributed by atoms with Gasteiger partial charge in [0.2, 0.25) is 0 Å². The molecule has 0 N–H and O–H groups in total. The Bertz CT molecular complexity index is 617. The molecule has 0 saturated heterocycles. The Kier molecular flexibility index (Phi) is 3.08. The molecule has 2 rings (SSSR count). The fourth-order valence-corrected chi connectivity index (χ4v) is 1.73. The molecule has 0 aromatic heterocycles. The van der Waals surface area contributed by atoms with Crippen molar-refractivity contribution in [3.05, 3.63) is 58.6 Å². The van der Waals surface area contributed by atoms with Crippen molar-refractivity contribution >= 4 is 11.6 Å². The van der Waals surface area contributed by atoms with Gasteiger partial charge in [-0.25, -0.2) is 8.78 Å². The normalized spacial score (nSPS) is 10.0. The summed E-state index contributed by atoms with van der Waals surface area (Å²) in [5.74, 6) is -1.36. The second-order valence-corrected chi connectivity index (χ2v) is 3.84. The van der Waals surface area contributed by atoms with Crippen molar-refractivity contribution in [2.45, 2.75) is 0 Å². The average molecular weight is 250 g/mol. The van der Waals surface area contributed by atoms with Gasteiger partial charge in [-0.3, -0.25) is 0 Å². The molecule has 0 unspecified atom stereocenters. The summed E-state index contributed by atoms with van der Waals surface area (Å²) in [6, 6.07) is 9.69. The van der Waals surface area contributed by atoms with Crippen LogP contribution >= 0.6 is 11.6 Å². The van der Waals surface area contributed by atoms with Crippen LogP contribution in [0.3, 0.4) is 0 Å². The highest BCUT2D eigenvalue weighted by Gasteiger charge is 2.10. The summed E-state index contributed by atoms with van der Waals surface area (Å²) in [7, 11) is 0. The van der Waals surface area contributed by atoms with E-state index < -0.39 is 11.6 Å². The number of benzene rings is 2. The number of hydrogen-bond donors (Lipinski definition) is 0. The third-order valence-electron chi connectivity index (χ3n) is 2.32. The molecular weight excluding hydrogens is 244 g/mol. The van der Waals surface area contributed by atoms with Crippen molar-refractivity contribution in [3.63, 3.8) is 0 Å². The maximum atomic E-state index is 13.6. The molecule has 0 heterocycles. The Labute approximate surface area is 102 Å². The van der Waals surface area contributed by atoms with Crippen LogP contribution in [0.2, 0.25) is 5.02 Å². The van der Waals surface area contributed by atoms with E-state index in [0.717, 1.165) is 12.1 Å². The molecule has 1 nitrogen and oxygen atoms in total. The lowest BCUT2D eigenvalue weighted by atomic mass is 10.0. The van der Waals surface area contributed by atoms with Crippen molar-refractivity contribution in [3.8, 4) is 17.2 Å². The molecule has 4 heteroatoms. The van der Waals surface area contributed by atoms with E-state index in [1.54, 1.807) is 0 Å². The predicted octanol–water partition coefficient (Wildman–Crippen LogP) is 4.16. The van der Waals surface area contributed by atoms with Crippen LogP contribution in [-0.2, 0) is 0 Å². The molecule has 0 atom stereocenters. The van der Waals surface area contributed by atoms with Gasteiger partial charge in [0.15, 0.2) is 0 Å². The number of rotatable bonds is 1. The lowest BCUT2D eigenvalue weighted by Gasteiger charge is -2.06.